The molecule has 0 atom stereocenters. The molecule has 4 nitrogen and oxygen atoms in total. The smallest absolute Gasteiger partial charge is 0.338 e. The zero-order chi connectivity index (χ0) is 11.2. The number of aryl methyl sites for hydroxylation is 1. The van der Waals surface area contributed by atoms with Crippen LogP contribution in [0, 0.1) is 5.82 Å². The highest BCUT2D eigenvalue weighted by atomic mass is 79.9. The monoisotopic (exact) mass is 272 g/mol. The minimum atomic E-state index is -1.29. The normalized spacial score (nSPS) is 10.9. The molecule has 1 aromatic heterocycles. The lowest BCUT2D eigenvalue weighted by Crippen LogP contribution is -2.02. The number of carbonyl (C=O) groups is 1. The Labute approximate surface area is 92.4 Å². The van der Waals surface area contributed by atoms with Gasteiger partial charge in [0.15, 0.2) is 5.82 Å². The minimum Gasteiger partial charge on any atom is -0.478 e. The summed E-state index contributed by atoms with van der Waals surface area (Å²) in [5.41, 5.74) is -0.167. The second kappa shape index (κ2) is 3.30. The molecule has 0 fully saturated rings. The number of fused-ring (bicyclic) bond motifs is 1. The average Bonchev–Trinajstić information content (AvgIpc) is 2.43. The van der Waals surface area contributed by atoms with Gasteiger partial charge in [0.25, 0.3) is 0 Å². The molecule has 1 N–H and O–H groups in total. The fraction of sp³-hybridized carbons (Fsp3) is 0.111. The van der Waals surface area contributed by atoms with Gasteiger partial charge in [-0.25, -0.2) is 9.18 Å². The van der Waals surface area contributed by atoms with E-state index in [4.69, 9.17) is 5.11 Å². The highest BCUT2D eigenvalue weighted by Crippen LogP contribution is 2.26. The van der Waals surface area contributed by atoms with Crippen LogP contribution in [0.2, 0.25) is 0 Å². The van der Waals surface area contributed by atoms with E-state index >= 15 is 0 Å². The average molecular weight is 273 g/mol. The maximum atomic E-state index is 13.7. The van der Waals surface area contributed by atoms with Gasteiger partial charge in [0.2, 0.25) is 0 Å². The summed E-state index contributed by atoms with van der Waals surface area (Å²) >= 11 is 3.17. The Morgan fingerprint density at radius 2 is 2.27 bits per heavy atom. The van der Waals surface area contributed by atoms with E-state index in [9.17, 15) is 9.18 Å². The Kier molecular flexibility index (Phi) is 2.22. The number of carboxylic acid groups (broad SMARTS) is 1. The van der Waals surface area contributed by atoms with E-state index < -0.39 is 11.8 Å². The fourth-order valence-electron chi connectivity index (χ4n) is 1.45. The predicted molar refractivity (Wildman–Crippen MR) is 55.3 cm³/mol. The summed E-state index contributed by atoms with van der Waals surface area (Å²) in [5.74, 6) is -2.05. The first-order chi connectivity index (χ1) is 7.02. The summed E-state index contributed by atoms with van der Waals surface area (Å²) in [5, 5.41) is 13.2. The molecule has 0 saturated heterocycles. The number of hydrogen-bond donors (Lipinski definition) is 1. The van der Waals surface area contributed by atoms with Crippen LogP contribution >= 0.6 is 15.9 Å². The molecule has 0 aliphatic heterocycles. The summed E-state index contributed by atoms with van der Waals surface area (Å²) in [6, 6.07) is 2.76. The first kappa shape index (κ1) is 10.1. The third kappa shape index (κ3) is 1.41. The van der Waals surface area contributed by atoms with Crippen LogP contribution in [0.15, 0.2) is 16.7 Å². The van der Waals surface area contributed by atoms with E-state index in [1.807, 2.05) is 0 Å². The van der Waals surface area contributed by atoms with Crippen LogP contribution < -0.4 is 0 Å². The van der Waals surface area contributed by atoms with E-state index in [0.717, 1.165) is 0 Å². The van der Waals surface area contributed by atoms with Crippen LogP contribution in [0.1, 0.15) is 10.4 Å². The Bertz CT molecular complexity index is 565. The van der Waals surface area contributed by atoms with Gasteiger partial charge >= 0.3 is 5.97 Å². The van der Waals surface area contributed by atoms with Crippen molar-refractivity contribution < 1.29 is 14.3 Å². The first-order valence-corrected chi connectivity index (χ1v) is 4.85. The largest absolute Gasteiger partial charge is 0.478 e. The van der Waals surface area contributed by atoms with Gasteiger partial charge in [0.1, 0.15) is 10.1 Å². The zero-order valence-electron chi connectivity index (χ0n) is 7.66. The Morgan fingerprint density at radius 3 is 2.87 bits per heavy atom. The van der Waals surface area contributed by atoms with Gasteiger partial charge < -0.3 is 5.11 Å². The second-order valence-electron chi connectivity index (χ2n) is 3.04. The third-order valence-corrected chi connectivity index (χ3v) is 2.72. The number of aromatic nitrogens is 2. The number of benzene rings is 1. The number of nitrogens with zero attached hydrogens (tertiary/aromatic N) is 2. The molecule has 6 heteroatoms. The van der Waals surface area contributed by atoms with Crippen molar-refractivity contribution in [2.24, 2.45) is 7.05 Å². The Hall–Kier alpha value is -1.43. The van der Waals surface area contributed by atoms with E-state index in [1.54, 1.807) is 7.05 Å². The molecule has 0 amide bonds. The summed E-state index contributed by atoms with van der Waals surface area (Å²) in [7, 11) is 1.56. The molecular weight excluding hydrogens is 267 g/mol. The van der Waals surface area contributed by atoms with Gasteiger partial charge in [-0.2, -0.15) is 5.10 Å². The van der Waals surface area contributed by atoms with Crippen molar-refractivity contribution in [3.63, 3.8) is 0 Å². The standard InChI is InChI=1S/C9H6BrFN2O2/c1-13-7-5(8(10)12-13)3-2-4(6(7)11)9(14)15/h2-3H,1H3,(H,14,15). The molecule has 15 heavy (non-hydrogen) atoms. The molecule has 0 unspecified atom stereocenters. The van der Waals surface area contributed by atoms with E-state index in [-0.39, 0.29) is 11.1 Å². The lowest BCUT2D eigenvalue weighted by atomic mass is 10.1. The number of halogens is 2. The molecule has 0 aliphatic rings. The van der Waals surface area contributed by atoms with Gasteiger partial charge in [0.05, 0.1) is 5.56 Å². The van der Waals surface area contributed by atoms with Crippen LogP contribution in [-0.4, -0.2) is 20.9 Å². The van der Waals surface area contributed by atoms with Crippen molar-refractivity contribution in [1.82, 2.24) is 9.78 Å². The quantitative estimate of drug-likeness (QED) is 0.866. The maximum absolute atomic E-state index is 13.7. The molecule has 0 saturated carbocycles. The minimum absolute atomic E-state index is 0.182. The summed E-state index contributed by atoms with van der Waals surface area (Å²) in [6.45, 7) is 0. The summed E-state index contributed by atoms with van der Waals surface area (Å²) < 4.78 is 15.5. The van der Waals surface area contributed by atoms with Crippen molar-refractivity contribution in [3.8, 4) is 0 Å². The zero-order valence-corrected chi connectivity index (χ0v) is 9.25. The molecule has 0 aliphatic carbocycles. The highest BCUT2D eigenvalue weighted by molar-refractivity contribution is 9.10. The summed E-state index contributed by atoms with van der Waals surface area (Å²) in [4.78, 5) is 10.7. The number of carboxylic acids is 1. The molecule has 1 aromatic carbocycles. The molecule has 78 valence electrons. The molecular formula is C9H6BrFN2O2. The fourth-order valence-corrected chi connectivity index (χ4v) is 2.01. The maximum Gasteiger partial charge on any atom is 0.338 e. The van der Waals surface area contributed by atoms with Crippen molar-refractivity contribution >= 4 is 32.8 Å². The van der Waals surface area contributed by atoms with Crippen LogP contribution in [-0.2, 0) is 7.05 Å². The van der Waals surface area contributed by atoms with Gasteiger partial charge in [-0.05, 0) is 28.1 Å². The predicted octanol–water partition coefficient (Wildman–Crippen LogP) is 2.17. The van der Waals surface area contributed by atoms with Crippen LogP contribution in [0.4, 0.5) is 4.39 Å². The Morgan fingerprint density at radius 1 is 1.60 bits per heavy atom. The van der Waals surface area contributed by atoms with Crippen molar-refractivity contribution in [2.75, 3.05) is 0 Å². The van der Waals surface area contributed by atoms with Crippen LogP contribution in [0.25, 0.3) is 10.9 Å². The molecule has 2 aromatic rings. The number of hydrogen-bond acceptors (Lipinski definition) is 2. The lowest BCUT2D eigenvalue weighted by Gasteiger charge is -2.00. The van der Waals surface area contributed by atoms with Gasteiger partial charge in [-0.3, -0.25) is 4.68 Å². The number of rotatable bonds is 1. The van der Waals surface area contributed by atoms with Crippen LogP contribution in [0.5, 0.6) is 0 Å². The van der Waals surface area contributed by atoms with E-state index in [2.05, 4.69) is 21.0 Å². The number of aromatic carboxylic acids is 1. The van der Waals surface area contributed by atoms with Gasteiger partial charge in [-0.15, -0.1) is 0 Å². The van der Waals surface area contributed by atoms with Crippen molar-refractivity contribution in [1.29, 1.82) is 0 Å². The van der Waals surface area contributed by atoms with Crippen molar-refractivity contribution in [3.05, 3.63) is 28.1 Å². The highest BCUT2D eigenvalue weighted by Gasteiger charge is 2.17. The molecule has 0 bridgehead atoms. The SMILES string of the molecule is Cn1nc(Br)c2ccc(C(=O)O)c(F)c21. The van der Waals surface area contributed by atoms with E-state index in [0.29, 0.717) is 9.99 Å². The molecule has 0 spiro atoms. The third-order valence-electron chi connectivity index (χ3n) is 2.13. The van der Waals surface area contributed by atoms with Crippen LogP contribution in [0.3, 0.4) is 0 Å². The molecule has 0 radical (unpaired) electrons. The summed E-state index contributed by atoms with van der Waals surface area (Å²) in [6.07, 6.45) is 0. The van der Waals surface area contributed by atoms with Gasteiger partial charge in [0, 0.05) is 12.4 Å². The van der Waals surface area contributed by atoms with Crippen molar-refractivity contribution in [2.45, 2.75) is 0 Å². The first-order valence-electron chi connectivity index (χ1n) is 4.06. The second-order valence-corrected chi connectivity index (χ2v) is 3.79. The van der Waals surface area contributed by atoms with E-state index in [1.165, 1.54) is 16.8 Å². The Balaban J connectivity index is 2.89. The lowest BCUT2D eigenvalue weighted by molar-refractivity contribution is 0.0692. The topological polar surface area (TPSA) is 55.1 Å². The molecule has 1 heterocycles. The molecule has 2 rings (SSSR count). The van der Waals surface area contributed by atoms with Gasteiger partial charge in [-0.1, -0.05) is 0 Å².